The summed E-state index contributed by atoms with van der Waals surface area (Å²) in [6, 6.07) is 6.11. The molecule has 24 heavy (non-hydrogen) atoms. The molecule has 0 atom stereocenters. The normalized spacial score (nSPS) is 10.5. The van der Waals surface area contributed by atoms with Gasteiger partial charge in [-0.25, -0.2) is 9.36 Å². The number of rotatable bonds is 15. The van der Waals surface area contributed by atoms with Crippen molar-refractivity contribution < 1.29 is 9.36 Å². The maximum Gasteiger partial charge on any atom is 0.168 e. The Morgan fingerprint density at radius 2 is 1.29 bits per heavy atom. The highest BCUT2D eigenvalue weighted by Crippen LogP contribution is 2.15. The summed E-state index contributed by atoms with van der Waals surface area (Å²) in [5, 5.41) is 0. The van der Waals surface area contributed by atoms with E-state index in [9.17, 15) is 4.79 Å². The zero-order valence-corrected chi connectivity index (χ0v) is 15.6. The Morgan fingerprint density at radius 1 is 0.750 bits per heavy atom. The average Bonchev–Trinajstić information content (AvgIpc) is 2.62. The van der Waals surface area contributed by atoms with Gasteiger partial charge in [0.25, 0.3) is 0 Å². The Balaban J connectivity index is 1.95. The largest absolute Gasteiger partial charge is 0.234 e. The quantitative estimate of drug-likeness (QED) is 0.225. The van der Waals surface area contributed by atoms with Crippen molar-refractivity contribution in [2.45, 2.75) is 96.9 Å². The molecule has 0 amide bonds. The third kappa shape index (κ3) is 11.2. The molecule has 2 nitrogen and oxygen atoms in total. The van der Waals surface area contributed by atoms with Crippen molar-refractivity contribution in [2.24, 2.45) is 0 Å². The second-order valence-corrected chi connectivity index (χ2v) is 6.85. The van der Waals surface area contributed by atoms with Crippen LogP contribution in [0.1, 0.15) is 90.4 Å². The van der Waals surface area contributed by atoms with Gasteiger partial charge in [-0.05, 0) is 19.3 Å². The first-order valence-electron chi connectivity index (χ1n) is 10.0. The van der Waals surface area contributed by atoms with Gasteiger partial charge in [0.2, 0.25) is 0 Å². The lowest BCUT2D eigenvalue weighted by atomic mass is 10.0. The molecule has 0 saturated heterocycles. The molecular formula is C22H36NO+. The Kier molecular flexibility index (Phi) is 13.0. The minimum Gasteiger partial charge on any atom is -0.234 e. The summed E-state index contributed by atoms with van der Waals surface area (Å²) < 4.78 is 2.17. The van der Waals surface area contributed by atoms with E-state index in [1.54, 1.807) is 0 Å². The van der Waals surface area contributed by atoms with E-state index >= 15 is 0 Å². The number of aromatic nitrogens is 1. The summed E-state index contributed by atoms with van der Waals surface area (Å²) in [6.07, 6.45) is 20.4. The van der Waals surface area contributed by atoms with Crippen molar-refractivity contribution >= 4 is 5.94 Å². The van der Waals surface area contributed by atoms with Crippen molar-refractivity contribution in [2.75, 3.05) is 0 Å². The Morgan fingerprint density at radius 3 is 1.88 bits per heavy atom. The summed E-state index contributed by atoms with van der Waals surface area (Å²) in [5.41, 5.74) is 0.978. The molecule has 1 aromatic heterocycles. The number of carbonyl (C=O) groups excluding carboxylic acids is 1. The van der Waals surface area contributed by atoms with Gasteiger partial charge < -0.3 is 0 Å². The minimum absolute atomic E-state index is 0.892. The maximum absolute atomic E-state index is 11.1. The van der Waals surface area contributed by atoms with Gasteiger partial charge in [0, 0.05) is 24.1 Å². The van der Waals surface area contributed by atoms with Gasteiger partial charge in [-0.15, -0.1) is 0 Å². The predicted octanol–water partition coefficient (Wildman–Crippen LogP) is 5.82. The third-order valence-corrected chi connectivity index (χ3v) is 4.65. The van der Waals surface area contributed by atoms with E-state index < -0.39 is 0 Å². The fourth-order valence-corrected chi connectivity index (χ4v) is 3.11. The predicted molar refractivity (Wildman–Crippen MR) is 102 cm³/mol. The van der Waals surface area contributed by atoms with Crippen LogP contribution in [-0.4, -0.2) is 5.94 Å². The molecule has 2 heteroatoms. The Hall–Kier alpha value is -1.40. The zero-order valence-electron chi connectivity index (χ0n) is 15.6. The van der Waals surface area contributed by atoms with E-state index in [2.05, 4.69) is 29.8 Å². The Bertz CT molecular complexity index is 448. The summed E-state index contributed by atoms with van der Waals surface area (Å²) in [4.78, 5) is 11.1. The molecule has 0 aromatic carbocycles. The molecule has 0 spiro atoms. The summed E-state index contributed by atoms with van der Waals surface area (Å²) in [5.74, 6) is 2.18. The summed E-state index contributed by atoms with van der Waals surface area (Å²) in [6.45, 7) is 3.24. The first-order chi connectivity index (χ1) is 11.9. The number of pyridine rings is 1. The second-order valence-electron chi connectivity index (χ2n) is 6.85. The molecular weight excluding hydrogens is 294 g/mol. The zero-order chi connectivity index (χ0) is 17.3. The number of allylic oxidation sites excluding steroid dienone is 1. The lowest BCUT2D eigenvalue weighted by Gasteiger charge is -2.04. The van der Waals surface area contributed by atoms with Crippen molar-refractivity contribution in [1.82, 2.24) is 0 Å². The monoisotopic (exact) mass is 330 g/mol. The van der Waals surface area contributed by atoms with Crippen LogP contribution in [0.3, 0.4) is 0 Å². The van der Waals surface area contributed by atoms with Crippen molar-refractivity contribution in [3.63, 3.8) is 0 Å². The van der Waals surface area contributed by atoms with E-state index in [0.717, 1.165) is 37.8 Å². The van der Waals surface area contributed by atoms with Crippen LogP contribution in [0.2, 0.25) is 0 Å². The highest BCUT2D eigenvalue weighted by Gasteiger charge is 2.03. The molecule has 1 heterocycles. The topological polar surface area (TPSA) is 20.9 Å². The summed E-state index contributed by atoms with van der Waals surface area (Å²) in [7, 11) is 0. The van der Waals surface area contributed by atoms with Gasteiger partial charge in [0.1, 0.15) is 12.5 Å². The third-order valence-electron chi connectivity index (χ3n) is 4.65. The van der Waals surface area contributed by atoms with Gasteiger partial charge in [0.05, 0.1) is 0 Å². The van der Waals surface area contributed by atoms with Crippen LogP contribution >= 0.6 is 0 Å². The van der Waals surface area contributed by atoms with E-state index in [-0.39, 0.29) is 0 Å². The van der Waals surface area contributed by atoms with Crippen LogP contribution in [0.4, 0.5) is 0 Å². The van der Waals surface area contributed by atoms with Crippen molar-refractivity contribution in [3.05, 3.63) is 36.2 Å². The molecule has 1 rings (SSSR count). The molecule has 0 unspecified atom stereocenters. The second kappa shape index (κ2) is 15.1. The van der Waals surface area contributed by atoms with Crippen LogP contribution in [-0.2, 0) is 11.3 Å². The first-order valence-corrected chi connectivity index (χ1v) is 10.0. The number of unbranched alkanes of at least 4 members (excludes halogenated alkanes) is 9. The molecule has 0 N–H and O–H groups in total. The van der Waals surface area contributed by atoms with Gasteiger partial charge in [-0.3, -0.25) is 0 Å². The van der Waals surface area contributed by atoms with Crippen molar-refractivity contribution in [1.29, 1.82) is 0 Å². The molecule has 0 aliphatic heterocycles. The first kappa shape index (κ1) is 20.6. The van der Waals surface area contributed by atoms with E-state index in [4.69, 9.17) is 0 Å². The van der Waals surface area contributed by atoms with Gasteiger partial charge in [-0.1, -0.05) is 70.8 Å². The molecule has 134 valence electrons. The molecule has 0 saturated carbocycles. The lowest BCUT2D eigenvalue weighted by Crippen LogP contribution is -2.32. The maximum atomic E-state index is 11.1. The summed E-state index contributed by atoms with van der Waals surface area (Å²) >= 11 is 0. The van der Waals surface area contributed by atoms with Crippen LogP contribution < -0.4 is 4.57 Å². The highest BCUT2D eigenvalue weighted by atomic mass is 16.1. The fourth-order valence-electron chi connectivity index (χ4n) is 3.11. The smallest absolute Gasteiger partial charge is 0.168 e. The number of aryl methyl sites for hydroxylation is 1. The van der Waals surface area contributed by atoms with Gasteiger partial charge in [-0.2, -0.15) is 0 Å². The Labute approximate surface area is 149 Å². The molecule has 0 aliphatic rings. The molecule has 1 aromatic rings. The van der Waals surface area contributed by atoms with Crippen LogP contribution in [0.15, 0.2) is 36.2 Å². The van der Waals surface area contributed by atoms with Crippen molar-refractivity contribution in [3.8, 4) is 0 Å². The van der Waals surface area contributed by atoms with E-state index in [0.29, 0.717) is 0 Å². The van der Waals surface area contributed by atoms with E-state index in [1.165, 1.54) is 57.8 Å². The van der Waals surface area contributed by atoms with Crippen LogP contribution in [0.25, 0.3) is 0 Å². The van der Waals surface area contributed by atoms with Crippen LogP contribution in [0, 0.1) is 0 Å². The molecule has 0 radical (unpaired) electrons. The van der Waals surface area contributed by atoms with Gasteiger partial charge in [0.15, 0.2) is 12.4 Å². The van der Waals surface area contributed by atoms with Crippen LogP contribution in [0.5, 0.6) is 0 Å². The lowest BCUT2D eigenvalue weighted by molar-refractivity contribution is -0.697. The minimum atomic E-state index is 0.892. The number of nitrogens with zero attached hydrogens (tertiary/aromatic N) is 1. The molecule has 0 bridgehead atoms. The standard InChI is InChI=1S/C22H36NO/c1-2-3-4-5-6-7-8-9-10-12-16-22(21-24)17-15-20-23-18-13-11-14-19-23/h11,13-14,18-19H,2-10,12,15-17,20H2,1H3/q+1. The highest BCUT2D eigenvalue weighted by molar-refractivity contribution is 5.52. The SMILES string of the molecule is CCCCCCCCCCCCC(=C=O)CCC[n+]1ccccc1. The van der Waals surface area contributed by atoms with E-state index in [1.807, 2.05) is 18.2 Å². The molecule has 0 aliphatic carbocycles. The average molecular weight is 331 g/mol. The fraction of sp³-hybridized carbons (Fsp3) is 0.682. The molecule has 0 fully saturated rings. The number of hydrogen-bond donors (Lipinski definition) is 0. The number of hydrogen-bond acceptors (Lipinski definition) is 1. The van der Waals surface area contributed by atoms with Gasteiger partial charge >= 0.3 is 0 Å².